The minimum Gasteiger partial charge on any atom is -0.396 e. The number of piperidine rings is 1. The summed E-state index contributed by atoms with van der Waals surface area (Å²) in [6, 6.07) is 17.3. The molecule has 2 N–H and O–H groups in total. The fraction of sp³-hybridized carbons (Fsp3) is 0.381. The van der Waals surface area contributed by atoms with E-state index in [2.05, 4.69) is 10.2 Å². The third-order valence-electron chi connectivity index (χ3n) is 4.87. The van der Waals surface area contributed by atoms with Crippen LogP contribution in [0.1, 0.15) is 30.0 Å². The molecule has 0 unspecified atom stereocenters. The predicted octanol–water partition coefficient (Wildman–Crippen LogP) is 3.25. The fourth-order valence-electron chi connectivity index (χ4n) is 3.51. The summed E-state index contributed by atoms with van der Waals surface area (Å²) >= 11 is 6.01. The van der Waals surface area contributed by atoms with Crippen LogP contribution in [0.3, 0.4) is 0 Å². The predicted molar refractivity (Wildman–Crippen MR) is 104 cm³/mol. The van der Waals surface area contributed by atoms with Crippen molar-refractivity contribution < 1.29 is 9.90 Å². The third-order valence-corrected chi connectivity index (χ3v) is 5.12. The first-order valence-electron chi connectivity index (χ1n) is 9.08. The van der Waals surface area contributed by atoms with Gasteiger partial charge in [-0.3, -0.25) is 9.69 Å². The topological polar surface area (TPSA) is 52.6 Å². The minimum absolute atomic E-state index is 0.00704. The highest BCUT2D eigenvalue weighted by Gasteiger charge is 2.23. The van der Waals surface area contributed by atoms with Gasteiger partial charge in [-0.2, -0.15) is 0 Å². The Balaban J connectivity index is 1.71. The van der Waals surface area contributed by atoms with E-state index in [-0.39, 0.29) is 24.5 Å². The van der Waals surface area contributed by atoms with Crippen LogP contribution in [0.15, 0.2) is 54.6 Å². The fourth-order valence-corrected chi connectivity index (χ4v) is 3.64. The Morgan fingerprint density at radius 3 is 2.54 bits per heavy atom. The number of carbonyl (C=O) groups excluding carboxylic acids is 1. The number of benzene rings is 2. The lowest BCUT2D eigenvalue weighted by Gasteiger charge is -2.31. The van der Waals surface area contributed by atoms with Crippen molar-refractivity contribution in [2.45, 2.75) is 18.9 Å². The summed E-state index contributed by atoms with van der Waals surface area (Å²) in [5, 5.41) is 13.2. The molecule has 1 aliphatic rings. The molecule has 26 heavy (non-hydrogen) atoms. The van der Waals surface area contributed by atoms with Crippen molar-refractivity contribution in [3.8, 4) is 0 Å². The van der Waals surface area contributed by atoms with Crippen LogP contribution in [-0.4, -0.2) is 42.2 Å². The molecule has 1 saturated heterocycles. The molecule has 0 saturated carbocycles. The Kier molecular flexibility index (Phi) is 6.67. The van der Waals surface area contributed by atoms with E-state index in [0.29, 0.717) is 11.6 Å². The second-order valence-corrected chi connectivity index (χ2v) is 7.33. The molecule has 1 aliphatic heterocycles. The van der Waals surface area contributed by atoms with Gasteiger partial charge in [0.1, 0.15) is 0 Å². The maximum absolute atomic E-state index is 12.7. The number of aliphatic hydroxyl groups excluding tert-OH is 1. The Hall–Kier alpha value is -1.88. The van der Waals surface area contributed by atoms with Crippen LogP contribution in [0, 0.1) is 5.92 Å². The van der Waals surface area contributed by atoms with Gasteiger partial charge >= 0.3 is 0 Å². The Morgan fingerprint density at radius 2 is 1.85 bits per heavy atom. The average Bonchev–Trinajstić information content (AvgIpc) is 2.68. The molecule has 2 aromatic carbocycles. The Morgan fingerprint density at radius 1 is 1.15 bits per heavy atom. The van der Waals surface area contributed by atoms with Gasteiger partial charge in [-0.25, -0.2) is 0 Å². The summed E-state index contributed by atoms with van der Waals surface area (Å²) in [5.74, 6) is 0.269. The number of halogens is 1. The van der Waals surface area contributed by atoms with Gasteiger partial charge in [0.05, 0.1) is 12.6 Å². The van der Waals surface area contributed by atoms with Gasteiger partial charge < -0.3 is 10.4 Å². The number of amides is 1. The molecule has 0 aliphatic carbocycles. The Labute approximate surface area is 159 Å². The van der Waals surface area contributed by atoms with Crippen LogP contribution in [0.4, 0.5) is 0 Å². The van der Waals surface area contributed by atoms with E-state index in [1.54, 1.807) is 0 Å². The highest BCUT2D eigenvalue weighted by atomic mass is 35.5. The van der Waals surface area contributed by atoms with Gasteiger partial charge in [0.25, 0.3) is 0 Å². The van der Waals surface area contributed by atoms with E-state index in [1.165, 1.54) is 0 Å². The molecule has 1 heterocycles. The molecule has 0 spiro atoms. The van der Waals surface area contributed by atoms with Crippen molar-refractivity contribution in [1.82, 2.24) is 10.2 Å². The maximum atomic E-state index is 12.7. The van der Waals surface area contributed by atoms with E-state index in [0.717, 1.165) is 37.1 Å². The van der Waals surface area contributed by atoms with Crippen LogP contribution in [-0.2, 0) is 4.79 Å². The zero-order valence-electron chi connectivity index (χ0n) is 14.8. The molecular formula is C21H25ClN2O2. The molecule has 1 fully saturated rings. The summed E-state index contributed by atoms with van der Waals surface area (Å²) in [6.07, 6.45) is 2.06. The highest BCUT2D eigenvalue weighted by Crippen LogP contribution is 2.24. The number of likely N-dealkylation sites (tertiary alicyclic amines) is 1. The van der Waals surface area contributed by atoms with E-state index in [9.17, 15) is 9.90 Å². The van der Waals surface area contributed by atoms with Crippen molar-refractivity contribution in [2.75, 3.05) is 26.2 Å². The minimum atomic E-state index is -0.209. The van der Waals surface area contributed by atoms with Crippen LogP contribution in [0.5, 0.6) is 0 Å². The largest absolute Gasteiger partial charge is 0.396 e. The Bertz CT molecular complexity index is 706. The number of hydrogen-bond acceptors (Lipinski definition) is 3. The summed E-state index contributed by atoms with van der Waals surface area (Å²) < 4.78 is 0. The maximum Gasteiger partial charge on any atom is 0.234 e. The molecule has 5 heteroatoms. The van der Waals surface area contributed by atoms with Gasteiger partial charge in [0.15, 0.2) is 0 Å². The molecule has 1 amide bonds. The van der Waals surface area contributed by atoms with Crippen molar-refractivity contribution in [3.63, 3.8) is 0 Å². The van der Waals surface area contributed by atoms with Gasteiger partial charge in [-0.05, 0) is 48.6 Å². The second-order valence-electron chi connectivity index (χ2n) is 6.89. The van der Waals surface area contributed by atoms with Crippen molar-refractivity contribution in [3.05, 3.63) is 70.7 Å². The van der Waals surface area contributed by atoms with Gasteiger partial charge in [0, 0.05) is 18.2 Å². The molecule has 3 rings (SSSR count). The lowest BCUT2D eigenvalue weighted by Crippen LogP contribution is -2.44. The summed E-state index contributed by atoms with van der Waals surface area (Å²) in [7, 11) is 0. The van der Waals surface area contributed by atoms with Crippen molar-refractivity contribution >= 4 is 17.5 Å². The lowest BCUT2D eigenvalue weighted by molar-refractivity contribution is -0.123. The molecule has 2 atom stereocenters. The van der Waals surface area contributed by atoms with Gasteiger partial charge in [-0.15, -0.1) is 0 Å². The summed E-state index contributed by atoms with van der Waals surface area (Å²) in [5.41, 5.74) is 2.04. The smallest absolute Gasteiger partial charge is 0.234 e. The SMILES string of the molecule is O=C(CN1CCC[C@H](CO)C1)N[C@H](c1ccccc1)c1ccc(Cl)cc1. The normalized spacial score (nSPS) is 19.1. The van der Waals surface area contributed by atoms with Crippen LogP contribution in [0.25, 0.3) is 0 Å². The first-order chi connectivity index (χ1) is 12.7. The molecular weight excluding hydrogens is 348 g/mol. The number of carbonyl (C=O) groups is 1. The zero-order chi connectivity index (χ0) is 18.4. The molecule has 0 bridgehead atoms. The third kappa shape index (κ3) is 5.07. The van der Waals surface area contributed by atoms with Crippen LogP contribution in [0.2, 0.25) is 5.02 Å². The van der Waals surface area contributed by atoms with Crippen molar-refractivity contribution in [1.29, 1.82) is 0 Å². The van der Waals surface area contributed by atoms with Crippen LogP contribution >= 0.6 is 11.6 Å². The zero-order valence-corrected chi connectivity index (χ0v) is 15.5. The number of aliphatic hydroxyl groups is 1. The standard InChI is InChI=1S/C21H25ClN2O2/c22-19-10-8-18(9-11-19)21(17-6-2-1-3-7-17)23-20(26)14-24-12-4-5-16(13-24)15-25/h1-3,6-11,16,21,25H,4-5,12-15H2,(H,23,26)/t16-,21+/m0/s1. The monoisotopic (exact) mass is 372 g/mol. The highest BCUT2D eigenvalue weighted by molar-refractivity contribution is 6.30. The first kappa shape index (κ1) is 18.9. The quantitative estimate of drug-likeness (QED) is 0.818. The van der Waals surface area contributed by atoms with Gasteiger partial charge in [0.2, 0.25) is 5.91 Å². The summed E-state index contributed by atoms with van der Waals surface area (Å²) in [6.45, 7) is 2.23. The molecule has 2 aromatic rings. The number of nitrogens with zero attached hydrogens (tertiary/aromatic N) is 1. The second kappa shape index (κ2) is 9.17. The van der Waals surface area contributed by atoms with Crippen molar-refractivity contribution in [2.24, 2.45) is 5.92 Å². The molecule has 0 aromatic heterocycles. The number of hydrogen-bond donors (Lipinski definition) is 2. The van der Waals surface area contributed by atoms with Crippen LogP contribution < -0.4 is 5.32 Å². The molecule has 0 radical (unpaired) electrons. The molecule has 4 nitrogen and oxygen atoms in total. The average molecular weight is 373 g/mol. The number of rotatable bonds is 6. The van der Waals surface area contributed by atoms with E-state index < -0.39 is 0 Å². The van der Waals surface area contributed by atoms with E-state index >= 15 is 0 Å². The van der Waals surface area contributed by atoms with Gasteiger partial charge in [-0.1, -0.05) is 54.1 Å². The molecule has 138 valence electrons. The first-order valence-corrected chi connectivity index (χ1v) is 9.46. The number of nitrogens with one attached hydrogen (secondary N) is 1. The summed E-state index contributed by atoms with van der Waals surface area (Å²) in [4.78, 5) is 14.8. The van der Waals surface area contributed by atoms with E-state index in [4.69, 9.17) is 11.6 Å². The lowest BCUT2D eigenvalue weighted by atomic mass is 9.98. The van der Waals surface area contributed by atoms with E-state index in [1.807, 2.05) is 54.6 Å².